The first kappa shape index (κ1) is 12.4. The average Bonchev–Trinajstić information content (AvgIpc) is 2.31. The van der Waals surface area contributed by atoms with Crippen molar-refractivity contribution >= 4 is 0 Å². The average molecular weight is 225 g/mol. The third-order valence-corrected chi connectivity index (χ3v) is 4.27. The van der Waals surface area contributed by atoms with E-state index in [9.17, 15) is 0 Å². The van der Waals surface area contributed by atoms with Crippen LogP contribution in [0.5, 0.6) is 0 Å². The Morgan fingerprint density at radius 3 is 2.06 bits per heavy atom. The van der Waals surface area contributed by atoms with E-state index in [1.165, 1.54) is 51.4 Å². The fourth-order valence-corrected chi connectivity index (χ4v) is 3.16. The van der Waals surface area contributed by atoms with Crippen molar-refractivity contribution in [2.45, 2.75) is 70.8 Å². The summed E-state index contributed by atoms with van der Waals surface area (Å²) in [6.07, 6.45) is 10.9. The van der Waals surface area contributed by atoms with Crippen LogP contribution < -0.4 is 0 Å². The minimum atomic E-state index is 0.0533. The molecule has 0 atom stereocenters. The summed E-state index contributed by atoms with van der Waals surface area (Å²) in [5.41, 5.74) is 0.0533. The number of hydrogen-bond acceptors (Lipinski definition) is 2. The van der Waals surface area contributed by atoms with E-state index < -0.39 is 0 Å². The highest BCUT2D eigenvalue weighted by Crippen LogP contribution is 2.35. The summed E-state index contributed by atoms with van der Waals surface area (Å²) in [6.45, 7) is 6.85. The van der Waals surface area contributed by atoms with E-state index in [0.717, 1.165) is 19.0 Å². The van der Waals surface area contributed by atoms with Gasteiger partial charge in [-0.2, -0.15) is 5.06 Å². The maximum absolute atomic E-state index is 6.25. The van der Waals surface area contributed by atoms with Crippen LogP contribution in [0.3, 0.4) is 0 Å². The molecule has 0 spiro atoms. The summed E-state index contributed by atoms with van der Waals surface area (Å²) in [6, 6.07) is 0. The van der Waals surface area contributed by atoms with Crippen molar-refractivity contribution in [1.82, 2.24) is 5.06 Å². The lowest BCUT2D eigenvalue weighted by molar-refractivity contribution is -0.260. The molecule has 0 radical (unpaired) electrons. The van der Waals surface area contributed by atoms with Gasteiger partial charge in [0.1, 0.15) is 0 Å². The fraction of sp³-hybridized carbons (Fsp3) is 1.00. The molecule has 1 aliphatic carbocycles. The molecule has 1 saturated carbocycles. The monoisotopic (exact) mass is 225 g/mol. The first-order valence-corrected chi connectivity index (χ1v) is 7.12. The Bertz CT molecular complexity index is 203. The van der Waals surface area contributed by atoms with Gasteiger partial charge in [-0.15, -0.1) is 0 Å². The van der Waals surface area contributed by atoms with Gasteiger partial charge in [0, 0.05) is 13.1 Å². The van der Waals surface area contributed by atoms with Gasteiger partial charge in [-0.3, -0.25) is 4.84 Å². The molecule has 0 bridgehead atoms. The molecule has 0 N–H and O–H groups in total. The standard InChI is InChI=1S/C14H27NO/c1-14(2,13-9-5-3-6-10-13)16-15-11-7-4-8-12-15/h13H,3-12H2,1-2H3. The van der Waals surface area contributed by atoms with E-state index in [-0.39, 0.29) is 5.60 Å². The van der Waals surface area contributed by atoms with E-state index in [2.05, 4.69) is 18.9 Å². The third kappa shape index (κ3) is 3.21. The van der Waals surface area contributed by atoms with Gasteiger partial charge in [0.15, 0.2) is 0 Å². The number of hydroxylamine groups is 2. The second-order valence-corrected chi connectivity index (χ2v) is 6.02. The molecular formula is C14H27NO. The Morgan fingerprint density at radius 2 is 1.44 bits per heavy atom. The maximum Gasteiger partial charge on any atom is 0.0871 e. The molecule has 0 aromatic carbocycles. The molecule has 0 aromatic rings. The molecule has 2 rings (SSSR count). The molecule has 2 aliphatic rings. The van der Waals surface area contributed by atoms with Crippen molar-refractivity contribution in [2.75, 3.05) is 13.1 Å². The van der Waals surface area contributed by atoms with Crippen molar-refractivity contribution in [2.24, 2.45) is 5.92 Å². The van der Waals surface area contributed by atoms with E-state index >= 15 is 0 Å². The molecule has 1 saturated heterocycles. The fourth-order valence-electron chi connectivity index (χ4n) is 3.16. The zero-order valence-electron chi connectivity index (χ0n) is 11.0. The van der Waals surface area contributed by atoms with Crippen molar-refractivity contribution < 1.29 is 4.84 Å². The third-order valence-electron chi connectivity index (χ3n) is 4.27. The summed E-state index contributed by atoms with van der Waals surface area (Å²) < 4.78 is 0. The molecule has 0 aromatic heterocycles. The topological polar surface area (TPSA) is 12.5 Å². The van der Waals surface area contributed by atoms with Crippen molar-refractivity contribution in [3.63, 3.8) is 0 Å². The Labute approximate surface area is 100 Å². The van der Waals surface area contributed by atoms with Crippen LogP contribution in [0.4, 0.5) is 0 Å². The zero-order valence-corrected chi connectivity index (χ0v) is 11.0. The van der Waals surface area contributed by atoms with Crippen LogP contribution in [-0.4, -0.2) is 23.8 Å². The molecule has 94 valence electrons. The summed E-state index contributed by atoms with van der Waals surface area (Å²) in [5, 5.41) is 2.22. The van der Waals surface area contributed by atoms with Crippen molar-refractivity contribution in [3.8, 4) is 0 Å². The van der Waals surface area contributed by atoms with Gasteiger partial charge in [-0.05, 0) is 45.4 Å². The first-order chi connectivity index (χ1) is 7.68. The van der Waals surface area contributed by atoms with Crippen LogP contribution in [-0.2, 0) is 4.84 Å². The summed E-state index contributed by atoms with van der Waals surface area (Å²) >= 11 is 0. The van der Waals surface area contributed by atoms with Gasteiger partial charge in [0.25, 0.3) is 0 Å². The highest BCUT2D eigenvalue weighted by molar-refractivity contribution is 4.82. The first-order valence-electron chi connectivity index (χ1n) is 7.12. The zero-order chi connectivity index (χ0) is 11.4. The van der Waals surface area contributed by atoms with E-state index in [0.29, 0.717) is 0 Å². The summed E-state index contributed by atoms with van der Waals surface area (Å²) in [4.78, 5) is 6.25. The molecule has 1 aliphatic heterocycles. The second kappa shape index (κ2) is 5.50. The van der Waals surface area contributed by atoms with Crippen LogP contribution >= 0.6 is 0 Å². The van der Waals surface area contributed by atoms with Gasteiger partial charge in [0.05, 0.1) is 5.60 Å². The summed E-state index contributed by atoms with van der Waals surface area (Å²) in [5.74, 6) is 0.767. The van der Waals surface area contributed by atoms with Crippen LogP contribution in [0.15, 0.2) is 0 Å². The van der Waals surface area contributed by atoms with Crippen LogP contribution in [0.2, 0.25) is 0 Å². The quantitative estimate of drug-likeness (QED) is 0.725. The Kier molecular flexibility index (Phi) is 4.26. The number of hydrogen-bond donors (Lipinski definition) is 0. The highest BCUT2D eigenvalue weighted by Gasteiger charge is 2.33. The normalized spacial score (nSPS) is 25.9. The molecular weight excluding hydrogens is 198 g/mol. The Hall–Kier alpha value is -0.0800. The predicted molar refractivity (Wildman–Crippen MR) is 67.2 cm³/mol. The second-order valence-electron chi connectivity index (χ2n) is 6.02. The van der Waals surface area contributed by atoms with Gasteiger partial charge in [-0.1, -0.05) is 25.7 Å². The molecule has 16 heavy (non-hydrogen) atoms. The molecule has 1 heterocycles. The molecule has 2 heteroatoms. The van der Waals surface area contributed by atoms with E-state index in [4.69, 9.17) is 4.84 Å². The maximum atomic E-state index is 6.25. The molecule has 2 fully saturated rings. The van der Waals surface area contributed by atoms with Crippen LogP contribution in [0.1, 0.15) is 65.2 Å². The molecule has 0 unspecified atom stereocenters. The largest absolute Gasteiger partial charge is 0.293 e. The van der Waals surface area contributed by atoms with Crippen LogP contribution in [0.25, 0.3) is 0 Å². The van der Waals surface area contributed by atoms with E-state index in [1.807, 2.05) is 0 Å². The molecule has 2 nitrogen and oxygen atoms in total. The van der Waals surface area contributed by atoms with Gasteiger partial charge in [0.2, 0.25) is 0 Å². The van der Waals surface area contributed by atoms with Gasteiger partial charge in [-0.25, -0.2) is 0 Å². The summed E-state index contributed by atoms with van der Waals surface area (Å²) in [7, 11) is 0. The minimum absolute atomic E-state index is 0.0533. The predicted octanol–water partition coefficient (Wildman–Crippen LogP) is 3.76. The van der Waals surface area contributed by atoms with Gasteiger partial charge >= 0.3 is 0 Å². The van der Waals surface area contributed by atoms with E-state index in [1.54, 1.807) is 0 Å². The van der Waals surface area contributed by atoms with Crippen molar-refractivity contribution in [3.05, 3.63) is 0 Å². The lowest BCUT2D eigenvalue weighted by Crippen LogP contribution is -2.44. The SMILES string of the molecule is CC(C)(ON1CCCCC1)C1CCCCC1. The Morgan fingerprint density at radius 1 is 0.875 bits per heavy atom. The number of piperidine rings is 1. The lowest BCUT2D eigenvalue weighted by atomic mass is 9.79. The van der Waals surface area contributed by atoms with Crippen LogP contribution in [0, 0.1) is 5.92 Å². The van der Waals surface area contributed by atoms with Crippen molar-refractivity contribution in [1.29, 1.82) is 0 Å². The lowest BCUT2D eigenvalue weighted by Gasteiger charge is -2.41. The molecule has 0 amide bonds. The van der Waals surface area contributed by atoms with Gasteiger partial charge < -0.3 is 0 Å². The smallest absolute Gasteiger partial charge is 0.0871 e. The minimum Gasteiger partial charge on any atom is -0.293 e. The number of nitrogens with zero attached hydrogens (tertiary/aromatic N) is 1. The highest BCUT2D eigenvalue weighted by atomic mass is 16.7. The Balaban J connectivity index is 1.84. The number of rotatable bonds is 3.